The van der Waals surface area contributed by atoms with Crippen molar-refractivity contribution in [2.75, 3.05) is 6.61 Å². The van der Waals surface area contributed by atoms with Crippen LogP contribution in [-0.2, 0) is 14.8 Å². The van der Waals surface area contributed by atoms with E-state index in [9.17, 15) is 18.3 Å². The average Bonchev–Trinajstić information content (AvgIpc) is 2.36. The van der Waals surface area contributed by atoms with Crippen LogP contribution in [0, 0.1) is 12.8 Å². The smallest absolute Gasteiger partial charge is 0.267 e. The summed E-state index contributed by atoms with van der Waals surface area (Å²) in [6, 6.07) is 5.88. The van der Waals surface area contributed by atoms with Gasteiger partial charge in [-0.2, -0.15) is 0 Å². The molecule has 1 aromatic carbocycles. The highest BCUT2D eigenvalue weighted by molar-refractivity contribution is 7.89. The molecule has 0 unspecified atom stereocenters. The van der Waals surface area contributed by atoms with Crippen molar-refractivity contribution in [2.45, 2.75) is 31.2 Å². The summed E-state index contributed by atoms with van der Waals surface area (Å²) >= 11 is 0. The lowest BCUT2D eigenvalue weighted by atomic mass is 9.89. The van der Waals surface area contributed by atoms with Crippen molar-refractivity contribution in [3.05, 3.63) is 29.8 Å². The lowest BCUT2D eigenvalue weighted by Gasteiger charge is -2.44. The van der Waals surface area contributed by atoms with E-state index in [0.717, 1.165) is 4.31 Å². The first-order chi connectivity index (χ1) is 8.95. The van der Waals surface area contributed by atoms with Crippen LogP contribution in [0.15, 0.2) is 29.2 Å². The number of sulfonamides is 1. The molecule has 6 heteroatoms. The Labute approximate surface area is 112 Å². The number of hydrogen-bond donors (Lipinski definition) is 1. The minimum Gasteiger partial charge on any atom is -0.394 e. The van der Waals surface area contributed by atoms with E-state index in [1.165, 1.54) is 6.07 Å². The Balaban J connectivity index is 2.42. The number of benzene rings is 1. The minimum absolute atomic E-state index is 0.122. The highest BCUT2D eigenvalue weighted by Crippen LogP contribution is 2.35. The average molecular weight is 283 g/mol. The molecule has 0 spiro atoms. The molecule has 1 aliphatic heterocycles. The molecule has 1 aromatic rings. The second kappa shape index (κ2) is 4.94. The van der Waals surface area contributed by atoms with Crippen molar-refractivity contribution in [2.24, 2.45) is 5.92 Å². The number of hydrogen-bond acceptors (Lipinski definition) is 4. The first-order valence-corrected chi connectivity index (χ1v) is 7.64. The Morgan fingerprint density at radius 1 is 1.32 bits per heavy atom. The third-order valence-electron chi connectivity index (χ3n) is 3.56. The predicted octanol–water partition coefficient (Wildman–Crippen LogP) is 0.913. The van der Waals surface area contributed by atoms with Gasteiger partial charge in [-0.3, -0.25) is 4.79 Å². The van der Waals surface area contributed by atoms with Gasteiger partial charge in [-0.1, -0.05) is 25.1 Å². The number of aliphatic hydroxyl groups excluding tert-OH is 1. The van der Waals surface area contributed by atoms with Crippen molar-refractivity contribution in [3.63, 3.8) is 0 Å². The SMILES string of the molecule is CC[C@H]1C(=O)N(S(=O)(=O)c2ccccc2C)[C@H]1CO. The maximum Gasteiger partial charge on any atom is 0.267 e. The van der Waals surface area contributed by atoms with E-state index in [-0.39, 0.29) is 11.5 Å². The molecule has 0 saturated carbocycles. The quantitative estimate of drug-likeness (QED) is 0.834. The molecule has 19 heavy (non-hydrogen) atoms. The largest absolute Gasteiger partial charge is 0.394 e. The Hall–Kier alpha value is -1.40. The van der Waals surface area contributed by atoms with Crippen molar-refractivity contribution >= 4 is 15.9 Å². The number of rotatable bonds is 4. The molecule has 0 aliphatic carbocycles. The van der Waals surface area contributed by atoms with Crippen LogP contribution in [0.25, 0.3) is 0 Å². The number of β-lactam (4-membered cyclic amide) rings is 1. The van der Waals surface area contributed by atoms with Crippen LogP contribution in [0.1, 0.15) is 18.9 Å². The van der Waals surface area contributed by atoms with Gasteiger partial charge in [0, 0.05) is 0 Å². The van der Waals surface area contributed by atoms with Gasteiger partial charge in [0.1, 0.15) is 0 Å². The minimum atomic E-state index is -3.86. The fraction of sp³-hybridized carbons (Fsp3) is 0.462. The zero-order valence-corrected chi connectivity index (χ0v) is 11.7. The van der Waals surface area contributed by atoms with Crippen LogP contribution < -0.4 is 0 Å². The van der Waals surface area contributed by atoms with E-state index in [1.54, 1.807) is 25.1 Å². The maximum atomic E-state index is 12.5. The normalized spacial score (nSPS) is 23.3. The Morgan fingerprint density at radius 3 is 2.47 bits per heavy atom. The maximum absolute atomic E-state index is 12.5. The van der Waals surface area contributed by atoms with Crippen molar-refractivity contribution in [1.82, 2.24) is 4.31 Å². The summed E-state index contributed by atoms with van der Waals surface area (Å²) in [6.45, 7) is 3.15. The highest BCUT2D eigenvalue weighted by Gasteiger charge is 2.52. The van der Waals surface area contributed by atoms with Gasteiger partial charge in [0.05, 0.1) is 23.5 Å². The number of nitrogens with zero attached hydrogens (tertiary/aromatic N) is 1. The summed E-state index contributed by atoms with van der Waals surface area (Å²) in [7, 11) is -3.86. The summed E-state index contributed by atoms with van der Waals surface area (Å²) in [5.41, 5.74) is 0.590. The molecule has 5 nitrogen and oxygen atoms in total. The summed E-state index contributed by atoms with van der Waals surface area (Å²) in [5.74, 6) is -0.825. The predicted molar refractivity (Wildman–Crippen MR) is 69.9 cm³/mol. The molecule has 1 aliphatic rings. The topological polar surface area (TPSA) is 74.7 Å². The number of aliphatic hydroxyl groups is 1. The zero-order chi connectivity index (χ0) is 14.2. The van der Waals surface area contributed by atoms with Crippen LogP contribution >= 0.6 is 0 Å². The van der Waals surface area contributed by atoms with Crippen molar-refractivity contribution < 1.29 is 18.3 Å². The van der Waals surface area contributed by atoms with Gasteiger partial charge < -0.3 is 5.11 Å². The third kappa shape index (κ3) is 2.04. The third-order valence-corrected chi connectivity index (χ3v) is 5.54. The second-order valence-electron chi connectivity index (χ2n) is 4.67. The number of carbonyl (C=O) groups is 1. The number of amides is 1. The van der Waals surface area contributed by atoms with E-state index in [0.29, 0.717) is 12.0 Å². The molecule has 1 heterocycles. The summed E-state index contributed by atoms with van der Waals surface area (Å²) in [4.78, 5) is 12.1. The molecule has 104 valence electrons. The van der Waals surface area contributed by atoms with Crippen LogP contribution in [0.2, 0.25) is 0 Å². The van der Waals surface area contributed by atoms with Crippen LogP contribution in [-0.4, -0.2) is 36.4 Å². The fourth-order valence-corrected chi connectivity index (χ4v) is 4.35. The molecule has 2 atom stereocenters. The van der Waals surface area contributed by atoms with E-state index < -0.39 is 27.9 Å². The van der Waals surface area contributed by atoms with Gasteiger partial charge in [-0.05, 0) is 25.0 Å². The van der Waals surface area contributed by atoms with Gasteiger partial charge in [0.15, 0.2) is 0 Å². The Bertz CT molecular complexity index is 596. The Kier molecular flexibility index (Phi) is 3.64. The molecular formula is C13H17NO4S. The first-order valence-electron chi connectivity index (χ1n) is 6.20. The molecular weight excluding hydrogens is 266 g/mol. The van der Waals surface area contributed by atoms with E-state index in [1.807, 2.05) is 6.92 Å². The summed E-state index contributed by atoms with van der Waals surface area (Å²) < 4.78 is 25.8. The van der Waals surface area contributed by atoms with Gasteiger partial charge >= 0.3 is 0 Å². The molecule has 1 amide bonds. The fourth-order valence-electron chi connectivity index (χ4n) is 2.47. The number of carbonyl (C=O) groups excluding carboxylic acids is 1. The lowest BCUT2D eigenvalue weighted by Crippen LogP contribution is -2.64. The molecule has 2 rings (SSSR count). The Morgan fingerprint density at radius 2 is 1.95 bits per heavy atom. The molecule has 0 radical (unpaired) electrons. The van der Waals surface area contributed by atoms with E-state index in [4.69, 9.17) is 0 Å². The van der Waals surface area contributed by atoms with Crippen LogP contribution in [0.5, 0.6) is 0 Å². The second-order valence-corrected chi connectivity index (χ2v) is 6.45. The van der Waals surface area contributed by atoms with Gasteiger partial charge in [0.2, 0.25) is 5.91 Å². The molecule has 1 saturated heterocycles. The molecule has 0 aromatic heterocycles. The molecule has 1 fully saturated rings. The van der Waals surface area contributed by atoms with E-state index in [2.05, 4.69) is 0 Å². The highest BCUT2D eigenvalue weighted by atomic mass is 32.2. The monoisotopic (exact) mass is 283 g/mol. The van der Waals surface area contributed by atoms with Gasteiger partial charge in [0.25, 0.3) is 10.0 Å². The lowest BCUT2D eigenvalue weighted by molar-refractivity contribution is -0.148. The van der Waals surface area contributed by atoms with Crippen LogP contribution in [0.4, 0.5) is 0 Å². The van der Waals surface area contributed by atoms with Gasteiger partial charge in [-0.15, -0.1) is 0 Å². The summed E-state index contributed by atoms with van der Waals surface area (Å²) in [6.07, 6.45) is 0.532. The van der Waals surface area contributed by atoms with Crippen LogP contribution in [0.3, 0.4) is 0 Å². The summed E-state index contributed by atoms with van der Waals surface area (Å²) in [5, 5.41) is 9.30. The van der Waals surface area contributed by atoms with Crippen molar-refractivity contribution in [1.29, 1.82) is 0 Å². The molecule has 0 bridgehead atoms. The molecule has 1 N–H and O–H groups in total. The number of aryl methyl sites for hydroxylation is 1. The van der Waals surface area contributed by atoms with E-state index >= 15 is 0 Å². The zero-order valence-electron chi connectivity index (χ0n) is 10.9. The van der Waals surface area contributed by atoms with Crippen molar-refractivity contribution in [3.8, 4) is 0 Å². The first kappa shape index (κ1) is 14.0. The van der Waals surface area contributed by atoms with Gasteiger partial charge in [-0.25, -0.2) is 12.7 Å². The standard InChI is InChI=1S/C13H17NO4S/c1-3-10-11(8-15)14(13(10)16)19(17,18)12-7-5-4-6-9(12)2/h4-7,10-11,15H,3,8H2,1-2H3/t10-,11+/m1/s1.